The van der Waals surface area contributed by atoms with Crippen molar-refractivity contribution in [1.82, 2.24) is 0 Å². The summed E-state index contributed by atoms with van der Waals surface area (Å²) in [4.78, 5) is 0. The third-order valence-corrected chi connectivity index (χ3v) is 1.61. The van der Waals surface area contributed by atoms with E-state index in [0.717, 1.165) is 6.42 Å². The predicted octanol–water partition coefficient (Wildman–Crippen LogP) is 0.114. The van der Waals surface area contributed by atoms with Crippen LogP contribution in [0, 0.1) is 0 Å². The number of hydroxylamine groups is 1. The van der Waals surface area contributed by atoms with Crippen LogP contribution < -0.4 is 51.4 Å². The summed E-state index contributed by atoms with van der Waals surface area (Å²) in [7, 11) is 0. The first-order valence-electron chi connectivity index (χ1n) is 4.22. The molecular weight excluding hydrogens is 165 g/mol. The van der Waals surface area contributed by atoms with Crippen molar-refractivity contribution >= 4 is 0 Å². The maximum atomic E-state index is 8.09. The number of hydrogen-bond donors (Lipinski definition) is 1. The zero-order valence-electron chi connectivity index (χ0n) is 7.84. The van der Waals surface area contributed by atoms with Gasteiger partial charge in [0.1, 0.15) is 0 Å². The van der Waals surface area contributed by atoms with Gasteiger partial charge in [0.05, 0.1) is 0 Å². The molecule has 0 spiro atoms. The van der Waals surface area contributed by atoms with Crippen LogP contribution in [0.4, 0.5) is 0 Å². The Morgan fingerprint density at radius 1 is 1.00 bits per heavy atom. The van der Waals surface area contributed by atoms with Crippen LogP contribution in [0.1, 0.15) is 45.4 Å². The second-order valence-corrected chi connectivity index (χ2v) is 2.63. The van der Waals surface area contributed by atoms with E-state index < -0.39 is 0 Å². The van der Waals surface area contributed by atoms with Crippen molar-refractivity contribution in [1.29, 1.82) is 0 Å². The van der Waals surface area contributed by atoms with E-state index in [9.17, 15) is 0 Å². The first-order chi connectivity index (χ1) is 4.91. The van der Waals surface area contributed by atoms with Gasteiger partial charge in [-0.2, -0.15) is 0 Å². The van der Waals surface area contributed by atoms with E-state index in [-0.39, 0.29) is 51.4 Å². The number of rotatable bonds is 7. The van der Waals surface area contributed by atoms with Crippen molar-refractivity contribution in [3.05, 3.63) is 5.48 Å². The largest absolute Gasteiger partial charge is 1.00 e. The third kappa shape index (κ3) is 14.4. The van der Waals surface area contributed by atoms with Gasteiger partial charge in [0, 0.05) is 0 Å². The Hall–Kier alpha value is 1.56. The van der Waals surface area contributed by atoms with Crippen LogP contribution in [0.15, 0.2) is 0 Å². The van der Waals surface area contributed by atoms with Crippen molar-refractivity contribution < 1.29 is 56.6 Å². The molecule has 1 N–H and O–H groups in total. The molecule has 0 aromatic heterocycles. The van der Waals surface area contributed by atoms with Crippen LogP contribution in [0.5, 0.6) is 0 Å². The molecule has 0 atom stereocenters. The molecule has 0 saturated heterocycles. The minimum atomic E-state index is 0. The van der Waals surface area contributed by atoms with Gasteiger partial charge in [0.25, 0.3) is 0 Å². The molecule has 3 heteroatoms. The predicted molar refractivity (Wildman–Crippen MR) is 43.4 cm³/mol. The summed E-state index contributed by atoms with van der Waals surface area (Å²) in [5, 5.41) is 8.09. The van der Waals surface area contributed by atoms with Crippen molar-refractivity contribution in [2.45, 2.75) is 45.4 Å². The molecule has 0 aromatic rings. The molecule has 0 aromatic carbocycles. The first kappa shape index (κ1) is 15.0. The molecule has 0 bridgehead atoms. The molecule has 62 valence electrons. The van der Waals surface area contributed by atoms with Gasteiger partial charge >= 0.3 is 51.4 Å². The van der Waals surface area contributed by atoms with Gasteiger partial charge in [-0.05, 0) is 0 Å². The monoisotopic (exact) mass is 183 g/mol. The van der Waals surface area contributed by atoms with Crippen molar-refractivity contribution in [2.24, 2.45) is 0 Å². The minimum absolute atomic E-state index is 0. The Morgan fingerprint density at radius 2 is 1.55 bits per heavy atom. The summed E-state index contributed by atoms with van der Waals surface area (Å²) in [6.45, 7) is 2.83. The van der Waals surface area contributed by atoms with Gasteiger partial charge in [-0.3, -0.25) is 0 Å². The maximum absolute atomic E-state index is 8.09. The Morgan fingerprint density at radius 3 is 2.09 bits per heavy atom. The smallest absolute Gasteiger partial charge is 0.538 e. The standard InChI is InChI=1S/C8H18NO.K/c1-2-3-4-5-6-7-8-9-10;/h10H,2-8H2,1H3;/q-1;+1. The fourth-order valence-electron chi connectivity index (χ4n) is 0.963. The second-order valence-electron chi connectivity index (χ2n) is 2.63. The van der Waals surface area contributed by atoms with Gasteiger partial charge in [-0.15, -0.1) is 6.54 Å². The Balaban J connectivity index is 0. The number of nitrogens with zero attached hydrogens (tertiary/aromatic N) is 1. The Kier molecular flexibility index (Phi) is 19.3. The molecule has 11 heavy (non-hydrogen) atoms. The molecule has 0 amide bonds. The number of hydrogen-bond acceptors (Lipinski definition) is 1. The molecule has 0 saturated carbocycles. The molecule has 0 fully saturated rings. The molecule has 0 aliphatic rings. The van der Waals surface area contributed by atoms with Crippen LogP contribution in [-0.4, -0.2) is 11.8 Å². The van der Waals surface area contributed by atoms with Gasteiger partial charge in [-0.1, -0.05) is 45.4 Å². The summed E-state index contributed by atoms with van der Waals surface area (Å²) in [5.41, 5.74) is 3.05. The van der Waals surface area contributed by atoms with Crippen LogP contribution >= 0.6 is 0 Å². The van der Waals surface area contributed by atoms with E-state index in [4.69, 9.17) is 5.21 Å². The van der Waals surface area contributed by atoms with Gasteiger partial charge in [0.15, 0.2) is 0 Å². The topological polar surface area (TPSA) is 34.3 Å². The molecule has 0 heterocycles. The fraction of sp³-hybridized carbons (Fsp3) is 1.00. The molecule has 0 radical (unpaired) electrons. The zero-order chi connectivity index (χ0) is 7.66. The Bertz CT molecular complexity index is 54.1. The number of unbranched alkanes of at least 4 members (excludes halogenated alkanes) is 5. The van der Waals surface area contributed by atoms with Gasteiger partial charge < -0.3 is 10.7 Å². The van der Waals surface area contributed by atoms with Crippen LogP contribution in [0.25, 0.3) is 5.48 Å². The Labute approximate surface area is 113 Å². The van der Waals surface area contributed by atoms with E-state index in [1.54, 1.807) is 0 Å². The van der Waals surface area contributed by atoms with Gasteiger partial charge in [-0.25, -0.2) is 0 Å². The molecule has 0 aliphatic carbocycles. The van der Waals surface area contributed by atoms with E-state index in [2.05, 4.69) is 12.4 Å². The average Bonchev–Trinajstić information content (AvgIpc) is 1.97. The normalized spacial score (nSPS) is 9.27. The first-order valence-corrected chi connectivity index (χ1v) is 4.22. The summed E-state index contributed by atoms with van der Waals surface area (Å²) in [5.74, 6) is 0. The molecule has 0 aliphatic heterocycles. The SMILES string of the molecule is CCCCCCCC[N-]O.[K+]. The van der Waals surface area contributed by atoms with Crippen molar-refractivity contribution in [2.75, 3.05) is 6.54 Å². The van der Waals surface area contributed by atoms with E-state index in [1.807, 2.05) is 0 Å². The second kappa shape index (κ2) is 14.1. The summed E-state index contributed by atoms with van der Waals surface area (Å²) >= 11 is 0. The molecule has 0 rings (SSSR count). The van der Waals surface area contributed by atoms with E-state index in [0.29, 0.717) is 6.54 Å². The average molecular weight is 183 g/mol. The summed E-state index contributed by atoms with van der Waals surface area (Å²) < 4.78 is 0. The summed E-state index contributed by atoms with van der Waals surface area (Å²) in [6.07, 6.45) is 7.52. The quantitative estimate of drug-likeness (QED) is 0.339. The third-order valence-electron chi connectivity index (χ3n) is 1.61. The van der Waals surface area contributed by atoms with E-state index >= 15 is 0 Å². The van der Waals surface area contributed by atoms with Crippen molar-refractivity contribution in [3.63, 3.8) is 0 Å². The van der Waals surface area contributed by atoms with Crippen LogP contribution in [-0.2, 0) is 0 Å². The molecule has 0 unspecified atom stereocenters. The minimum Gasteiger partial charge on any atom is -0.538 e. The maximum Gasteiger partial charge on any atom is 1.00 e. The van der Waals surface area contributed by atoms with E-state index in [1.165, 1.54) is 32.1 Å². The fourth-order valence-corrected chi connectivity index (χ4v) is 0.963. The zero-order valence-corrected chi connectivity index (χ0v) is 11.0. The van der Waals surface area contributed by atoms with Crippen LogP contribution in [0.2, 0.25) is 0 Å². The molecular formula is C8H18KNO. The molecule has 2 nitrogen and oxygen atoms in total. The van der Waals surface area contributed by atoms with Gasteiger partial charge in [0.2, 0.25) is 0 Å². The summed E-state index contributed by atoms with van der Waals surface area (Å²) in [6, 6.07) is 0. The van der Waals surface area contributed by atoms with Crippen molar-refractivity contribution in [3.8, 4) is 0 Å². The van der Waals surface area contributed by atoms with Crippen LogP contribution in [0.3, 0.4) is 0 Å².